The Hall–Kier alpha value is -4.00. The number of aromatic nitrogens is 3. The van der Waals surface area contributed by atoms with Crippen LogP contribution in [0.25, 0.3) is 22.2 Å². The fourth-order valence-corrected chi connectivity index (χ4v) is 3.70. The van der Waals surface area contributed by atoms with E-state index in [1.54, 1.807) is 34.9 Å². The third-order valence-corrected chi connectivity index (χ3v) is 5.38. The lowest BCUT2D eigenvalue weighted by Gasteiger charge is -2.11. The molecule has 4 rings (SSSR count). The molecule has 2 heterocycles. The summed E-state index contributed by atoms with van der Waals surface area (Å²) in [5, 5.41) is 32.0. The van der Waals surface area contributed by atoms with Gasteiger partial charge in [-0.25, -0.2) is 14.4 Å². The molecule has 2 aromatic carbocycles. The standard InChI is InChI=1S/C24H22FN5O3/c1-33-22-7-6-19(25)24-18(22)10-17(12-26)30(24)9-8-27-23-11-20(28-14-29-23)15-2-4-16(5-3-15)21(32)13-31/h2-7,10-11,14,21,31-32H,8-9,13H2,1H3,(H,27,28,29). The number of aliphatic hydroxyl groups is 2. The van der Waals surface area contributed by atoms with Crippen molar-refractivity contribution in [2.24, 2.45) is 0 Å². The molecule has 9 heteroatoms. The van der Waals surface area contributed by atoms with E-state index in [2.05, 4.69) is 21.4 Å². The highest BCUT2D eigenvalue weighted by atomic mass is 19.1. The van der Waals surface area contributed by atoms with Crippen LogP contribution in [0.5, 0.6) is 5.75 Å². The van der Waals surface area contributed by atoms with E-state index in [1.165, 1.54) is 19.5 Å². The van der Waals surface area contributed by atoms with Gasteiger partial charge in [-0.05, 0) is 23.8 Å². The summed E-state index contributed by atoms with van der Waals surface area (Å²) in [4.78, 5) is 8.52. The second kappa shape index (κ2) is 9.65. The van der Waals surface area contributed by atoms with Gasteiger partial charge in [0.15, 0.2) is 0 Å². The van der Waals surface area contributed by atoms with E-state index in [4.69, 9.17) is 9.84 Å². The lowest BCUT2D eigenvalue weighted by atomic mass is 10.1. The highest BCUT2D eigenvalue weighted by Gasteiger charge is 2.16. The smallest absolute Gasteiger partial charge is 0.147 e. The number of fused-ring (bicyclic) bond motifs is 1. The van der Waals surface area contributed by atoms with Gasteiger partial charge in [0.1, 0.15) is 41.6 Å². The van der Waals surface area contributed by atoms with E-state index < -0.39 is 11.9 Å². The van der Waals surface area contributed by atoms with Gasteiger partial charge >= 0.3 is 0 Å². The van der Waals surface area contributed by atoms with Crippen LogP contribution in [0, 0.1) is 17.1 Å². The first-order valence-corrected chi connectivity index (χ1v) is 10.3. The van der Waals surface area contributed by atoms with Gasteiger partial charge in [-0.1, -0.05) is 24.3 Å². The van der Waals surface area contributed by atoms with Crippen molar-refractivity contribution in [3.05, 3.63) is 71.9 Å². The number of anilines is 1. The van der Waals surface area contributed by atoms with E-state index in [9.17, 15) is 14.8 Å². The van der Waals surface area contributed by atoms with Gasteiger partial charge in [0.25, 0.3) is 0 Å². The lowest BCUT2D eigenvalue weighted by molar-refractivity contribution is 0.0956. The summed E-state index contributed by atoms with van der Waals surface area (Å²) in [5.41, 5.74) is 2.78. The zero-order valence-corrected chi connectivity index (χ0v) is 17.9. The molecule has 1 unspecified atom stereocenters. The minimum atomic E-state index is -0.922. The molecule has 0 aliphatic heterocycles. The van der Waals surface area contributed by atoms with Gasteiger partial charge in [-0.3, -0.25) is 0 Å². The fraction of sp³-hybridized carbons (Fsp3) is 0.208. The van der Waals surface area contributed by atoms with E-state index in [0.29, 0.717) is 52.5 Å². The minimum Gasteiger partial charge on any atom is -0.496 e. The van der Waals surface area contributed by atoms with Crippen molar-refractivity contribution >= 4 is 16.7 Å². The number of nitrogens with one attached hydrogen (secondary N) is 1. The van der Waals surface area contributed by atoms with Crippen LogP contribution in [0.4, 0.5) is 10.2 Å². The van der Waals surface area contributed by atoms with Crippen LogP contribution in [0.15, 0.2) is 54.9 Å². The Kier molecular flexibility index (Phi) is 6.49. The highest BCUT2D eigenvalue weighted by Crippen LogP contribution is 2.31. The average molecular weight is 447 g/mol. The Morgan fingerprint density at radius 1 is 1.18 bits per heavy atom. The van der Waals surface area contributed by atoms with Crippen LogP contribution in [0.3, 0.4) is 0 Å². The minimum absolute atomic E-state index is 0.321. The summed E-state index contributed by atoms with van der Waals surface area (Å²) in [6.45, 7) is 0.387. The molecular weight excluding hydrogens is 425 g/mol. The van der Waals surface area contributed by atoms with Gasteiger partial charge in [0, 0.05) is 30.1 Å². The number of hydrogen-bond donors (Lipinski definition) is 3. The maximum absolute atomic E-state index is 14.5. The Balaban J connectivity index is 1.51. The topological polar surface area (TPSA) is 116 Å². The number of hydrogen-bond acceptors (Lipinski definition) is 7. The molecule has 168 valence electrons. The molecule has 1 atom stereocenters. The summed E-state index contributed by atoms with van der Waals surface area (Å²) in [6.07, 6.45) is 0.513. The van der Waals surface area contributed by atoms with Crippen LogP contribution in [-0.4, -0.2) is 45.0 Å². The van der Waals surface area contributed by atoms with Crippen molar-refractivity contribution in [1.82, 2.24) is 14.5 Å². The number of ether oxygens (including phenoxy) is 1. The first-order valence-electron chi connectivity index (χ1n) is 10.3. The number of halogens is 1. The van der Waals surface area contributed by atoms with E-state index in [0.717, 1.165) is 5.56 Å². The van der Waals surface area contributed by atoms with Gasteiger partial charge in [-0.15, -0.1) is 0 Å². The first-order chi connectivity index (χ1) is 16.0. The summed E-state index contributed by atoms with van der Waals surface area (Å²) < 4.78 is 21.5. The molecule has 0 saturated carbocycles. The molecule has 0 radical (unpaired) electrons. The molecule has 0 aliphatic carbocycles. The van der Waals surface area contributed by atoms with Crippen molar-refractivity contribution < 1.29 is 19.3 Å². The lowest BCUT2D eigenvalue weighted by Crippen LogP contribution is -2.13. The zero-order valence-electron chi connectivity index (χ0n) is 17.9. The molecule has 4 aromatic rings. The SMILES string of the molecule is COc1ccc(F)c2c1cc(C#N)n2CCNc1cc(-c2ccc(C(O)CO)cc2)ncn1. The number of rotatable bonds is 8. The third-order valence-electron chi connectivity index (χ3n) is 5.38. The summed E-state index contributed by atoms with van der Waals surface area (Å²) >= 11 is 0. The van der Waals surface area contributed by atoms with Crippen LogP contribution in [0.1, 0.15) is 17.4 Å². The van der Waals surface area contributed by atoms with Crippen molar-refractivity contribution in [3.8, 4) is 23.1 Å². The molecule has 0 spiro atoms. The molecule has 2 aromatic heterocycles. The van der Waals surface area contributed by atoms with Crippen LogP contribution < -0.4 is 10.1 Å². The monoisotopic (exact) mass is 447 g/mol. The number of nitrogens with zero attached hydrogens (tertiary/aromatic N) is 4. The Morgan fingerprint density at radius 3 is 2.67 bits per heavy atom. The number of nitriles is 1. The highest BCUT2D eigenvalue weighted by molar-refractivity contribution is 5.88. The Labute approximate surface area is 189 Å². The van der Waals surface area contributed by atoms with Crippen molar-refractivity contribution in [2.45, 2.75) is 12.6 Å². The Morgan fingerprint density at radius 2 is 1.97 bits per heavy atom. The number of aliphatic hydroxyl groups excluding tert-OH is 2. The molecule has 0 fully saturated rings. The van der Waals surface area contributed by atoms with Crippen molar-refractivity contribution in [1.29, 1.82) is 5.26 Å². The normalized spacial score (nSPS) is 11.8. The summed E-state index contributed by atoms with van der Waals surface area (Å²) in [5.74, 6) is 0.659. The quantitative estimate of drug-likeness (QED) is 0.380. The van der Waals surface area contributed by atoms with Crippen molar-refractivity contribution in [3.63, 3.8) is 0 Å². The van der Waals surface area contributed by atoms with Gasteiger partial charge in [0.2, 0.25) is 0 Å². The second-order valence-corrected chi connectivity index (χ2v) is 7.34. The fourth-order valence-electron chi connectivity index (χ4n) is 3.70. The van der Waals surface area contributed by atoms with Crippen molar-refractivity contribution in [2.75, 3.05) is 25.6 Å². The molecule has 0 amide bonds. The predicted molar refractivity (Wildman–Crippen MR) is 121 cm³/mol. The molecule has 33 heavy (non-hydrogen) atoms. The average Bonchev–Trinajstić information content (AvgIpc) is 3.23. The van der Waals surface area contributed by atoms with E-state index in [-0.39, 0.29) is 6.61 Å². The molecule has 0 bridgehead atoms. The largest absolute Gasteiger partial charge is 0.496 e. The first kappa shape index (κ1) is 22.2. The van der Waals surface area contributed by atoms with Gasteiger partial charge < -0.3 is 24.8 Å². The maximum atomic E-state index is 14.5. The van der Waals surface area contributed by atoms with Crippen LogP contribution in [-0.2, 0) is 6.54 Å². The van der Waals surface area contributed by atoms with Gasteiger partial charge in [-0.2, -0.15) is 5.26 Å². The van der Waals surface area contributed by atoms with Gasteiger partial charge in [0.05, 0.1) is 24.9 Å². The molecule has 3 N–H and O–H groups in total. The second-order valence-electron chi connectivity index (χ2n) is 7.34. The summed E-state index contributed by atoms with van der Waals surface area (Å²) in [7, 11) is 1.51. The molecular formula is C24H22FN5O3. The number of benzene rings is 2. The predicted octanol–water partition coefficient (Wildman–Crippen LogP) is 3.26. The third kappa shape index (κ3) is 4.48. The molecule has 8 nitrogen and oxygen atoms in total. The maximum Gasteiger partial charge on any atom is 0.147 e. The zero-order chi connectivity index (χ0) is 23.4. The van der Waals surface area contributed by atoms with E-state index >= 15 is 0 Å². The van der Waals surface area contributed by atoms with Crippen LogP contribution in [0.2, 0.25) is 0 Å². The Bertz CT molecular complexity index is 1310. The molecule has 0 aliphatic rings. The number of methoxy groups -OCH3 is 1. The summed E-state index contributed by atoms with van der Waals surface area (Å²) in [6, 6.07) is 15.5. The van der Waals surface area contributed by atoms with Crippen LogP contribution >= 0.6 is 0 Å². The van der Waals surface area contributed by atoms with E-state index in [1.807, 2.05) is 12.1 Å². The molecule has 0 saturated heterocycles.